The molecule has 2 rings (SSSR count). The van der Waals surface area contributed by atoms with Crippen LogP contribution in [0.15, 0.2) is 48.5 Å². The summed E-state index contributed by atoms with van der Waals surface area (Å²) in [6.07, 6.45) is 1.19. The summed E-state index contributed by atoms with van der Waals surface area (Å²) >= 11 is 5.86. The zero-order valence-electron chi connectivity index (χ0n) is 12.9. The second-order valence-corrected chi connectivity index (χ2v) is 5.66. The van der Waals surface area contributed by atoms with Crippen molar-refractivity contribution in [3.63, 3.8) is 0 Å². The van der Waals surface area contributed by atoms with Crippen molar-refractivity contribution in [2.75, 3.05) is 14.2 Å². The SMILES string of the molecule is COc1cccc(CCC(=O)N(C)Cc2ccc(Cl)cc2)c1. The summed E-state index contributed by atoms with van der Waals surface area (Å²) < 4.78 is 5.19. The molecule has 0 aliphatic carbocycles. The molecule has 22 heavy (non-hydrogen) atoms. The van der Waals surface area contributed by atoms with Crippen LogP contribution >= 0.6 is 11.6 Å². The van der Waals surface area contributed by atoms with Crippen LogP contribution in [0, 0.1) is 0 Å². The molecule has 0 fully saturated rings. The van der Waals surface area contributed by atoms with Gasteiger partial charge in [0.25, 0.3) is 0 Å². The third-order valence-corrected chi connectivity index (χ3v) is 3.77. The number of rotatable bonds is 6. The molecule has 116 valence electrons. The first-order valence-corrected chi connectivity index (χ1v) is 7.57. The van der Waals surface area contributed by atoms with E-state index >= 15 is 0 Å². The molecule has 0 saturated heterocycles. The smallest absolute Gasteiger partial charge is 0.222 e. The van der Waals surface area contributed by atoms with E-state index in [1.54, 1.807) is 12.0 Å². The van der Waals surface area contributed by atoms with Crippen LogP contribution in [0.4, 0.5) is 0 Å². The van der Waals surface area contributed by atoms with Gasteiger partial charge in [0, 0.05) is 25.0 Å². The summed E-state index contributed by atoms with van der Waals surface area (Å²) in [6.45, 7) is 0.591. The Balaban J connectivity index is 1.86. The Hall–Kier alpha value is -2.00. The average Bonchev–Trinajstić information content (AvgIpc) is 2.54. The molecule has 0 aromatic heterocycles. The normalized spacial score (nSPS) is 10.3. The number of carbonyl (C=O) groups excluding carboxylic acids is 1. The fourth-order valence-corrected chi connectivity index (χ4v) is 2.35. The van der Waals surface area contributed by atoms with Crippen LogP contribution < -0.4 is 4.74 Å². The van der Waals surface area contributed by atoms with E-state index in [0.29, 0.717) is 24.4 Å². The van der Waals surface area contributed by atoms with E-state index in [1.165, 1.54) is 0 Å². The molecule has 2 aromatic carbocycles. The maximum Gasteiger partial charge on any atom is 0.222 e. The topological polar surface area (TPSA) is 29.5 Å². The van der Waals surface area contributed by atoms with E-state index in [2.05, 4.69) is 0 Å². The van der Waals surface area contributed by atoms with Crippen LogP contribution in [-0.4, -0.2) is 25.0 Å². The van der Waals surface area contributed by atoms with Crippen molar-refractivity contribution in [2.24, 2.45) is 0 Å². The number of carbonyl (C=O) groups is 1. The Morgan fingerprint density at radius 2 is 1.86 bits per heavy atom. The Labute approximate surface area is 136 Å². The lowest BCUT2D eigenvalue weighted by atomic mass is 10.1. The standard InChI is InChI=1S/C18H20ClNO2/c1-20(13-15-6-9-16(19)10-7-15)18(21)11-8-14-4-3-5-17(12-14)22-2/h3-7,9-10,12H,8,11,13H2,1-2H3. The molecule has 0 aliphatic heterocycles. The first-order valence-electron chi connectivity index (χ1n) is 7.20. The van der Waals surface area contributed by atoms with Crippen molar-refractivity contribution in [1.82, 2.24) is 4.90 Å². The number of hydrogen-bond donors (Lipinski definition) is 0. The Morgan fingerprint density at radius 3 is 2.55 bits per heavy atom. The van der Waals surface area contributed by atoms with Gasteiger partial charge in [-0.2, -0.15) is 0 Å². The summed E-state index contributed by atoms with van der Waals surface area (Å²) in [4.78, 5) is 14.0. The minimum Gasteiger partial charge on any atom is -0.497 e. The molecule has 4 heteroatoms. The maximum atomic E-state index is 12.2. The molecular formula is C18H20ClNO2. The number of ether oxygens (including phenoxy) is 1. The van der Waals surface area contributed by atoms with Gasteiger partial charge in [0.2, 0.25) is 5.91 Å². The van der Waals surface area contributed by atoms with E-state index in [0.717, 1.165) is 16.9 Å². The first kappa shape index (κ1) is 16.4. The molecule has 1 amide bonds. The van der Waals surface area contributed by atoms with Crippen LogP contribution in [0.3, 0.4) is 0 Å². The fourth-order valence-electron chi connectivity index (χ4n) is 2.22. The zero-order chi connectivity index (χ0) is 15.9. The highest BCUT2D eigenvalue weighted by molar-refractivity contribution is 6.30. The van der Waals surface area contributed by atoms with E-state index in [4.69, 9.17) is 16.3 Å². The lowest BCUT2D eigenvalue weighted by Gasteiger charge is -2.17. The summed E-state index contributed by atoms with van der Waals surface area (Å²) in [7, 11) is 3.46. The average molecular weight is 318 g/mol. The van der Waals surface area contributed by atoms with Crippen LogP contribution in [0.5, 0.6) is 5.75 Å². The molecule has 0 atom stereocenters. The largest absolute Gasteiger partial charge is 0.497 e. The number of aryl methyl sites for hydroxylation is 1. The molecule has 0 N–H and O–H groups in total. The van der Waals surface area contributed by atoms with Crippen LogP contribution in [-0.2, 0) is 17.8 Å². The molecule has 0 saturated carbocycles. The second-order valence-electron chi connectivity index (χ2n) is 5.23. The zero-order valence-corrected chi connectivity index (χ0v) is 13.6. The highest BCUT2D eigenvalue weighted by Gasteiger charge is 2.09. The summed E-state index contributed by atoms with van der Waals surface area (Å²) in [5, 5.41) is 0.704. The molecule has 0 unspecified atom stereocenters. The van der Waals surface area contributed by atoms with Crippen molar-refractivity contribution in [3.8, 4) is 5.75 Å². The van der Waals surface area contributed by atoms with Gasteiger partial charge in [-0.05, 0) is 41.8 Å². The van der Waals surface area contributed by atoms with Crippen molar-refractivity contribution in [2.45, 2.75) is 19.4 Å². The predicted octanol–water partition coefficient (Wildman–Crippen LogP) is 3.94. The molecule has 0 heterocycles. The minimum atomic E-state index is 0.123. The van der Waals surface area contributed by atoms with Gasteiger partial charge in [-0.1, -0.05) is 35.9 Å². The number of amides is 1. The quantitative estimate of drug-likeness (QED) is 0.807. The van der Waals surface area contributed by atoms with Gasteiger partial charge in [-0.3, -0.25) is 4.79 Å². The predicted molar refractivity (Wildman–Crippen MR) is 89.2 cm³/mol. The van der Waals surface area contributed by atoms with Gasteiger partial charge in [0.1, 0.15) is 5.75 Å². The number of nitrogens with zero attached hydrogens (tertiary/aromatic N) is 1. The monoisotopic (exact) mass is 317 g/mol. The van der Waals surface area contributed by atoms with Crippen molar-refractivity contribution in [1.29, 1.82) is 0 Å². The lowest BCUT2D eigenvalue weighted by Crippen LogP contribution is -2.26. The molecular weight excluding hydrogens is 298 g/mol. The van der Waals surface area contributed by atoms with Gasteiger partial charge in [0.05, 0.1) is 7.11 Å². The number of halogens is 1. The van der Waals surface area contributed by atoms with Gasteiger partial charge in [-0.15, -0.1) is 0 Å². The molecule has 0 spiro atoms. The molecule has 0 radical (unpaired) electrons. The Bertz CT molecular complexity index is 625. The lowest BCUT2D eigenvalue weighted by molar-refractivity contribution is -0.130. The summed E-state index contributed by atoms with van der Waals surface area (Å²) in [5.41, 5.74) is 2.18. The fraction of sp³-hybridized carbons (Fsp3) is 0.278. The van der Waals surface area contributed by atoms with Crippen molar-refractivity contribution >= 4 is 17.5 Å². The highest BCUT2D eigenvalue weighted by atomic mass is 35.5. The first-order chi connectivity index (χ1) is 10.6. The van der Waals surface area contributed by atoms with Crippen LogP contribution in [0.25, 0.3) is 0 Å². The van der Waals surface area contributed by atoms with Gasteiger partial charge in [0.15, 0.2) is 0 Å². The van der Waals surface area contributed by atoms with Gasteiger partial charge < -0.3 is 9.64 Å². The van der Waals surface area contributed by atoms with Crippen molar-refractivity contribution in [3.05, 3.63) is 64.7 Å². The molecule has 0 bridgehead atoms. The van der Waals surface area contributed by atoms with Crippen LogP contribution in [0.2, 0.25) is 5.02 Å². The minimum absolute atomic E-state index is 0.123. The Kier molecular flexibility index (Phi) is 5.84. The van der Waals surface area contributed by atoms with E-state index in [-0.39, 0.29) is 5.91 Å². The van der Waals surface area contributed by atoms with Crippen LogP contribution in [0.1, 0.15) is 17.5 Å². The number of benzene rings is 2. The molecule has 2 aromatic rings. The van der Waals surface area contributed by atoms with E-state index in [9.17, 15) is 4.79 Å². The molecule has 3 nitrogen and oxygen atoms in total. The summed E-state index contributed by atoms with van der Waals surface area (Å²) in [5.74, 6) is 0.942. The number of methoxy groups -OCH3 is 1. The summed E-state index contributed by atoms with van der Waals surface area (Å²) in [6, 6.07) is 15.4. The van der Waals surface area contributed by atoms with Gasteiger partial charge in [-0.25, -0.2) is 0 Å². The Morgan fingerprint density at radius 1 is 1.14 bits per heavy atom. The molecule has 0 aliphatic rings. The van der Waals surface area contributed by atoms with E-state index < -0.39 is 0 Å². The van der Waals surface area contributed by atoms with E-state index in [1.807, 2.05) is 55.6 Å². The van der Waals surface area contributed by atoms with Crippen molar-refractivity contribution < 1.29 is 9.53 Å². The van der Waals surface area contributed by atoms with Gasteiger partial charge >= 0.3 is 0 Å². The maximum absolute atomic E-state index is 12.2. The second kappa shape index (κ2) is 7.85. The number of hydrogen-bond acceptors (Lipinski definition) is 2. The third-order valence-electron chi connectivity index (χ3n) is 3.52. The third kappa shape index (κ3) is 4.78. The highest BCUT2D eigenvalue weighted by Crippen LogP contribution is 2.15.